The lowest BCUT2D eigenvalue weighted by Gasteiger charge is -2.27. The Morgan fingerprint density at radius 1 is 0.385 bits per heavy atom. The van der Waals surface area contributed by atoms with Crippen LogP contribution in [0, 0.1) is 0 Å². The van der Waals surface area contributed by atoms with Crippen LogP contribution in [0.4, 0.5) is 17.1 Å². The number of thiophene rings is 2. The highest BCUT2D eigenvalue weighted by Crippen LogP contribution is 2.46. The van der Waals surface area contributed by atoms with Gasteiger partial charge < -0.3 is 9.32 Å². The molecule has 0 aliphatic heterocycles. The van der Waals surface area contributed by atoms with Crippen molar-refractivity contribution in [1.82, 2.24) is 0 Å². The molecule has 0 saturated heterocycles. The third kappa shape index (κ3) is 4.55. The monoisotopic (exact) mass is 699 g/mol. The smallest absolute Gasteiger partial charge is 0.137 e. The lowest BCUT2D eigenvalue weighted by atomic mass is 9.98. The van der Waals surface area contributed by atoms with E-state index in [1.54, 1.807) is 0 Å². The number of furan rings is 1. The highest BCUT2D eigenvalue weighted by atomic mass is 32.1. The summed E-state index contributed by atoms with van der Waals surface area (Å²) < 4.78 is 11.7. The Hall–Kier alpha value is -6.20. The average Bonchev–Trinajstić information content (AvgIpc) is 3.90. The molecule has 3 heterocycles. The van der Waals surface area contributed by atoms with Crippen molar-refractivity contribution in [2.45, 2.75) is 0 Å². The molecule has 0 spiro atoms. The van der Waals surface area contributed by atoms with Crippen LogP contribution in [-0.2, 0) is 0 Å². The molecule has 0 saturated carbocycles. The van der Waals surface area contributed by atoms with Gasteiger partial charge in [0.25, 0.3) is 0 Å². The number of hydrogen-bond donors (Lipinski definition) is 0. The van der Waals surface area contributed by atoms with Crippen LogP contribution in [0.3, 0.4) is 0 Å². The molecule has 0 bridgehead atoms. The second-order valence-corrected chi connectivity index (χ2v) is 15.4. The zero-order chi connectivity index (χ0) is 34.2. The maximum atomic E-state index is 6.41. The maximum Gasteiger partial charge on any atom is 0.137 e. The average molecular weight is 700 g/mol. The molecule has 0 N–H and O–H groups in total. The first-order valence-corrected chi connectivity index (χ1v) is 19.1. The van der Waals surface area contributed by atoms with Gasteiger partial charge in [-0.1, -0.05) is 115 Å². The normalized spacial score (nSPS) is 11.8. The third-order valence-electron chi connectivity index (χ3n) is 10.3. The minimum Gasteiger partial charge on any atom is -0.456 e. The Bertz CT molecular complexity index is 3150. The van der Waals surface area contributed by atoms with Crippen molar-refractivity contribution < 1.29 is 4.42 Å². The highest BCUT2D eigenvalue weighted by molar-refractivity contribution is 7.26. The Kier molecular flexibility index (Phi) is 6.63. The first kappa shape index (κ1) is 29.5. The van der Waals surface area contributed by atoms with Crippen LogP contribution in [0.2, 0.25) is 0 Å². The molecule has 0 radical (unpaired) electrons. The first-order valence-electron chi connectivity index (χ1n) is 17.5. The van der Waals surface area contributed by atoms with Gasteiger partial charge in [0, 0.05) is 57.1 Å². The summed E-state index contributed by atoms with van der Waals surface area (Å²) in [5.74, 6) is 0. The predicted molar refractivity (Wildman–Crippen MR) is 225 cm³/mol. The van der Waals surface area contributed by atoms with E-state index < -0.39 is 0 Å². The molecule has 0 aliphatic rings. The van der Waals surface area contributed by atoms with Gasteiger partial charge in [0.2, 0.25) is 0 Å². The summed E-state index contributed by atoms with van der Waals surface area (Å²) >= 11 is 3.73. The molecule has 11 rings (SSSR count). The summed E-state index contributed by atoms with van der Waals surface area (Å²) in [5, 5.41) is 7.47. The molecule has 0 unspecified atom stereocenters. The number of hydrogen-bond acceptors (Lipinski definition) is 4. The fourth-order valence-corrected chi connectivity index (χ4v) is 10.3. The van der Waals surface area contributed by atoms with Crippen LogP contribution in [0.15, 0.2) is 180 Å². The van der Waals surface area contributed by atoms with Gasteiger partial charge in [0.1, 0.15) is 11.2 Å². The van der Waals surface area contributed by atoms with E-state index in [0.29, 0.717) is 0 Å². The molecule has 0 fully saturated rings. The predicted octanol–water partition coefficient (Wildman–Crippen LogP) is 15.1. The van der Waals surface area contributed by atoms with E-state index in [1.807, 2.05) is 28.7 Å². The van der Waals surface area contributed by atoms with Gasteiger partial charge in [0.15, 0.2) is 0 Å². The van der Waals surface area contributed by atoms with Crippen molar-refractivity contribution in [2.75, 3.05) is 4.90 Å². The van der Waals surface area contributed by atoms with E-state index in [9.17, 15) is 0 Å². The Morgan fingerprint density at radius 2 is 1.04 bits per heavy atom. The van der Waals surface area contributed by atoms with Crippen LogP contribution in [0.25, 0.3) is 84.5 Å². The van der Waals surface area contributed by atoms with Crippen molar-refractivity contribution in [1.29, 1.82) is 0 Å². The van der Waals surface area contributed by atoms with Gasteiger partial charge in [-0.25, -0.2) is 0 Å². The molecule has 4 heteroatoms. The van der Waals surface area contributed by atoms with E-state index in [2.05, 4.69) is 175 Å². The standard InChI is InChI=1S/C48H29NOS2/c1-4-20-41-38(14-1)47-40(19-10-21-42(47)50-41)49(32-27-25-30(26-28-32)34-16-9-24-45-46(34)39-15-3-6-23-44(39)51-45)33-12-7-11-31(29-33)35-17-8-18-37-36-13-2-5-22-43(36)52-48(35)37/h1-29H. The number of nitrogens with zero attached hydrogens (tertiary/aromatic N) is 1. The van der Waals surface area contributed by atoms with E-state index >= 15 is 0 Å². The molecular formula is C48H29NOS2. The van der Waals surface area contributed by atoms with Crippen LogP contribution >= 0.6 is 22.7 Å². The fraction of sp³-hybridized carbons (Fsp3) is 0. The van der Waals surface area contributed by atoms with Gasteiger partial charge in [0.05, 0.1) is 11.1 Å². The number of anilines is 3. The SMILES string of the molecule is c1cc(-c2cccc3c2sc2ccccc23)cc(N(c2ccc(-c3cccc4sc5ccccc5c34)cc2)c2cccc3oc4ccccc4c23)c1. The fourth-order valence-electron chi connectivity index (χ4n) is 7.96. The summed E-state index contributed by atoms with van der Waals surface area (Å²) in [7, 11) is 0. The maximum absolute atomic E-state index is 6.41. The third-order valence-corrected chi connectivity index (χ3v) is 12.6. The van der Waals surface area contributed by atoms with Crippen LogP contribution in [0.5, 0.6) is 0 Å². The van der Waals surface area contributed by atoms with E-state index in [0.717, 1.165) is 39.0 Å². The lowest BCUT2D eigenvalue weighted by Crippen LogP contribution is -2.10. The lowest BCUT2D eigenvalue weighted by molar-refractivity contribution is 0.669. The quantitative estimate of drug-likeness (QED) is 0.178. The molecule has 11 aromatic rings. The van der Waals surface area contributed by atoms with Crippen molar-refractivity contribution in [3.8, 4) is 22.3 Å². The van der Waals surface area contributed by atoms with Crippen molar-refractivity contribution in [3.63, 3.8) is 0 Å². The van der Waals surface area contributed by atoms with Crippen LogP contribution < -0.4 is 4.90 Å². The van der Waals surface area contributed by atoms with Crippen LogP contribution in [-0.4, -0.2) is 0 Å². The largest absolute Gasteiger partial charge is 0.456 e. The topological polar surface area (TPSA) is 16.4 Å². The number of fused-ring (bicyclic) bond motifs is 9. The molecule has 244 valence electrons. The van der Waals surface area contributed by atoms with Gasteiger partial charge in [-0.2, -0.15) is 0 Å². The molecule has 0 amide bonds. The molecule has 3 aromatic heterocycles. The summed E-state index contributed by atoms with van der Waals surface area (Å²) in [6, 6.07) is 63.7. The number of rotatable bonds is 5. The van der Waals surface area contributed by atoms with Crippen LogP contribution in [0.1, 0.15) is 0 Å². The summed E-state index contributed by atoms with van der Waals surface area (Å²) in [5.41, 5.74) is 9.93. The Labute approximate surface area is 308 Å². The first-order chi connectivity index (χ1) is 25.8. The number of benzene rings is 8. The van der Waals surface area contributed by atoms with E-state index in [1.165, 1.54) is 62.6 Å². The highest BCUT2D eigenvalue weighted by Gasteiger charge is 2.21. The van der Waals surface area contributed by atoms with E-state index in [4.69, 9.17) is 4.42 Å². The van der Waals surface area contributed by atoms with E-state index in [-0.39, 0.29) is 0 Å². The van der Waals surface area contributed by atoms with Gasteiger partial charge in [-0.15, -0.1) is 22.7 Å². The van der Waals surface area contributed by atoms with Gasteiger partial charge >= 0.3 is 0 Å². The minimum atomic E-state index is 0.877. The zero-order valence-corrected chi connectivity index (χ0v) is 29.5. The van der Waals surface area contributed by atoms with Crippen molar-refractivity contribution >= 4 is 102 Å². The van der Waals surface area contributed by atoms with Gasteiger partial charge in [-0.05, 0) is 82.9 Å². The molecule has 0 aliphatic carbocycles. The summed E-state index contributed by atoms with van der Waals surface area (Å²) in [4.78, 5) is 2.39. The Balaban J connectivity index is 1.11. The molecule has 52 heavy (non-hydrogen) atoms. The second-order valence-electron chi connectivity index (χ2n) is 13.2. The number of para-hydroxylation sites is 1. The molecule has 0 atom stereocenters. The van der Waals surface area contributed by atoms with Gasteiger partial charge in [-0.3, -0.25) is 0 Å². The molecular weight excluding hydrogens is 671 g/mol. The zero-order valence-electron chi connectivity index (χ0n) is 27.9. The molecule has 8 aromatic carbocycles. The second kappa shape index (κ2) is 11.7. The summed E-state index contributed by atoms with van der Waals surface area (Å²) in [6.07, 6.45) is 0. The minimum absolute atomic E-state index is 0.877. The van der Waals surface area contributed by atoms with Crippen molar-refractivity contribution in [2.24, 2.45) is 0 Å². The Morgan fingerprint density at radius 3 is 1.92 bits per heavy atom. The molecule has 2 nitrogen and oxygen atoms in total. The van der Waals surface area contributed by atoms with Crippen molar-refractivity contribution in [3.05, 3.63) is 176 Å². The summed E-state index contributed by atoms with van der Waals surface area (Å²) in [6.45, 7) is 0.